The maximum atomic E-state index is 4.92. The Morgan fingerprint density at radius 1 is 0.833 bits per heavy atom. The average Bonchev–Trinajstić information content (AvgIpc) is 2.43. The summed E-state index contributed by atoms with van der Waals surface area (Å²) in [6.07, 6.45) is 14.7. The van der Waals surface area contributed by atoms with Crippen LogP contribution in [0.1, 0.15) is 70.6 Å². The van der Waals surface area contributed by atoms with Crippen molar-refractivity contribution in [1.82, 2.24) is 4.90 Å². The summed E-state index contributed by atoms with van der Waals surface area (Å²) in [4.78, 5) is 12.3. The Kier molecular flexibility index (Phi) is 3.96. The van der Waals surface area contributed by atoms with E-state index >= 15 is 0 Å². The molecule has 3 nitrogen and oxygen atoms in total. The van der Waals surface area contributed by atoms with Crippen molar-refractivity contribution in [2.45, 2.75) is 76.8 Å². The van der Waals surface area contributed by atoms with Crippen LogP contribution in [0.2, 0.25) is 0 Å². The molecule has 0 aliphatic carbocycles. The predicted octanol–water partition coefficient (Wildman–Crippen LogP) is 3.74. The Hall–Kier alpha value is -0.860. The molecule has 0 radical (unpaired) electrons. The van der Waals surface area contributed by atoms with Gasteiger partial charge in [-0.25, -0.2) is 9.98 Å². The molecule has 3 heteroatoms. The molecule has 3 heterocycles. The van der Waals surface area contributed by atoms with Crippen LogP contribution >= 0.6 is 0 Å². The highest BCUT2D eigenvalue weighted by Gasteiger charge is 2.26. The highest BCUT2D eigenvalue weighted by atomic mass is 15.3. The number of nitrogens with zero attached hydrogens (tertiary/aromatic N) is 3. The van der Waals surface area contributed by atoms with Crippen molar-refractivity contribution in [2.24, 2.45) is 9.98 Å². The number of fused-ring (bicyclic) bond motifs is 3. The lowest BCUT2D eigenvalue weighted by Gasteiger charge is -2.36. The number of hydrogen-bond acceptors (Lipinski definition) is 3. The summed E-state index contributed by atoms with van der Waals surface area (Å²) in [6, 6.07) is 0. The van der Waals surface area contributed by atoms with Crippen molar-refractivity contribution in [3.63, 3.8) is 0 Å². The Balaban J connectivity index is 1.81. The summed E-state index contributed by atoms with van der Waals surface area (Å²) < 4.78 is 0. The SMILES string of the molecule is C1CCCC2=NC(=NC3CCCCCCN23)CC1. The van der Waals surface area contributed by atoms with Crippen LogP contribution in [0.15, 0.2) is 9.98 Å². The number of amidine groups is 2. The molecule has 2 bridgehead atoms. The van der Waals surface area contributed by atoms with Gasteiger partial charge in [0.2, 0.25) is 0 Å². The fourth-order valence-corrected chi connectivity index (χ4v) is 3.36. The van der Waals surface area contributed by atoms with Crippen molar-refractivity contribution in [3.8, 4) is 0 Å². The molecule has 3 aliphatic heterocycles. The van der Waals surface area contributed by atoms with Gasteiger partial charge in [0.25, 0.3) is 0 Å². The second-order valence-electron chi connectivity index (χ2n) is 5.86. The normalized spacial score (nSPS) is 29.8. The largest absolute Gasteiger partial charge is 0.338 e. The van der Waals surface area contributed by atoms with Crippen molar-refractivity contribution in [3.05, 3.63) is 0 Å². The van der Waals surface area contributed by atoms with Gasteiger partial charge in [-0.3, -0.25) is 0 Å². The molecule has 1 fully saturated rings. The number of rotatable bonds is 0. The first-order chi connectivity index (χ1) is 8.93. The summed E-state index contributed by atoms with van der Waals surface area (Å²) in [5, 5.41) is 0. The van der Waals surface area contributed by atoms with E-state index in [1.807, 2.05) is 0 Å². The van der Waals surface area contributed by atoms with Gasteiger partial charge in [-0.1, -0.05) is 25.7 Å². The van der Waals surface area contributed by atoms with Crippen LogP contribution in [0.4, 0.5) is 0 Å². The van der Waals surface area contributed by atoms with Crippen LogP contribution in [0, 0.1) is 0 Å². The first-order valence-corrected chi connectivity index (χ1v) is 7.84. The number of hydrogen-bond donors (Lipinski definition) is 0. The van der Waals surface area contributed by atoms with Crippen LogP contribution < -0.4 is 0 Å². The maximum Gasteiger partial charge on any atom is 0.127 e. The summed E-state index contributed by atoms with van der Waals surface area (Å²) in [5.41, 5.74) is 0. The van der Waals surface area contributed by atoms with E-state index in [-0.39, 0.29) is 0 Å². The minimum absolute atomic E-state index is 0.422. The first-order valence-electron chi connectivity index (χ1n) is 7.84. The van der Waals surface area contributed by atoms with Gasteiger partial charge in [0.15, 0.2) is 0 Å². The molecule has 18 heavy (non-hydrogen) atoms. The van der Waals surface area contributed by atoms with Crippen molar-refractivity contribution in [1.29, 1.82) is 0 Å². The summed E-state index contributed by atoms with van der Waals surface area (Å²) in [5.74, 6) is 2.50. The second-order valence-corrected chi connectivity index (χ2v) is 5.86. The van der Waals surface area contributed by atoms with Crippen LogP contribution in [0.5, 0.6) is 0 Å². The lowest BCUT2D eigenvalue weighted by Crippen LogP contribution is -2.44. The molecule has 0 saturated carbocycles. The van der Waals surface area contributed by atoms with E-state index in [2.05, 4.69) is 4.90 Å². The molecule has 1 atom stereocenters. The van der Waals surface area contributed by atoms with Crippen molar-refractivity contribution >= 4 is 11.7 Å². The summed E-state index contributed by atoms with van der Waals surface area (Å²) in [6.45, 7) is 1.18. The molecule has 0 aromatic rings. The molecular formula is C15H25N3. The Morgan fingerprint density at radius 3 is 2.56 bits per heavy atom. The minimum Gasteiger partial charge on any atom is -0.338 e. The quantitative estimate of drug-likeness (QED) is 0.641. The molecular weight excluding hydrogens is 222 g/mol. The minimum atomic E-state index is 0.422. The van der Waals surface area contributed by atoms with Gasteiger partial charge in [0.1, 0.15) is 17.8 Å². The van der Waals surface area contributed by atoms with Crippen molar-refractivity contribution < 1.29 is 0 Å². The molecule has 1 unspecified atom stereocenters. The van der Waals surface area contributed by atoms with Gasteiger partial charge in [-0.05, 0) is 32.1 Å². The summed E-state index contributed by atoms with van der Waals surface area (Å²) in [7, 11) is 0. The van der Waals surface area contributed by atoms with Gasteiger partial charge in [0, 0.05) is 19.4 Å². The van der Waals surface area contributed by atoms with E-state index in [1.54, 1.807) is 0 Å². The fourth-order valence-electron chi connectivity index (χ4n) is 3.36. The van der Waals surface area contributed by atoms with Gasteiger partial charge in [-0.2, -0.15) is 0 Å². The van der Waals surface area contributed by atoms with E-state index < -0.39 is 0 Å². The molecule has 100 valence electrons. The molecule has 1 saturated heterocycles. The average molecular weight is 247 g/mol. The lowest BCUT2D eigenvalue weighted by atomic mass is 10.0. The van der Waals surface area contributed by atoms with Crippen molar-refractivity contribution in [2.75, 3.05) is 6.54 Å². The maximum absolute atomic E-state index is 4.92. The van der Waals surface area contributed by atoms with Crippen LogP contribution in [0.25, 0.3) is 0 Å². The van der Waals surface area contributed by atoms with Crippen LogP contribution in [-0.4, -0.2) is 29.3 Å². The molecule has 0 aromatic heterocycles. The van der Waals surface area contributed by atoms with E-state index in [4.69, 9.17) is 9.98 Å². The molecule has 3 rings (SSSR count). The van der Waals surface area contributed by atoms with Gasteiger partial charge in [-0.15, -0.1) is 0 Å². The fraction of sp³-hybridized carbons (Fsp3) is 0.867. The third kappa shape index (κ3) is 2.76. The zero-order valence-corrected chi connectivity index (χ0v) is 11.4. The Labute approximate surface area is 110 Å². The third-order valence-electron chi connectivity index (χ3n) is 4.41. The zero-order valence-electron chi connectivity index (χ0n) is 11.4. The molecule has 0 spiro atoms. The number of aliphatic imine (C=N–C) groups is 2. The molecule has 0 N–H and O–H groups in total. The highest BCUT2D eigenvalue weighted by molar-refractivity contribution is 5.99. The van der Waals surface area contributed by atoms with Crippen LogP contribution in [-0.2, 0) is 0 Å². The standard InChI is InChI=1S/C15H25N3/c1-2-6-10-14-16-13(9-5-1)17-15-11-7-3-4-8-12-18(14)15/h15H,1-12H2. The smallest absolute Gasteiger partial charge is 0.127 e. The van der Waals surface area contributed by atoms with E-state index in [0.29, 0.717) is 6.17 Å². The van der Waals surface area contributed by atoms with Gasteiger partial charge in [0.05, 0.1) is 0 Å². The van der Waals surface area contributed by atoms with Gasteiger partial charge < -0.3 is 4.90 Å². The first kappa shape index (κ1) is 12.2. The second kappa shape index (κ2) is 5.85. The summed E-state index contributed by atoms with van der Waals surface area (Å²) >= 11 is 0. The third-order valence-corrected chi connectivity index (χ3v) is 4.41. The zero-order chi connectivity index (χ0) is 12.2. The van der Waals surface area contributed by atoms with E-state index in [0.717, 1.165) is 12.3 Å². The van der Waals surface area contributed by atoms with E-state index in [1.165, 1.54) is 76.6 Å². The van der Waals surface area contributed by atoms with Gasteiger partial charge >= 0.3 is 0 Å². The van der Waals surface area contributed by atoms with Crippen LogP contribution in [0.3, 0.4) is 0 Å². The Morgan fingerprint density at radius 2 is 1.61 bits per heavy atom. The monoisotopic (exact) mass is 247 g/mol. The predicted molar refractivity (Wildman–Crippen MR) is 76.2 cm³/mol. The topological polar surface area (TPSA) is 28.0 Å². The lowest BCUT2D eigenvalue weighted by molar-refractivity contribution is 0.263. The molecule has 0 aromatic carbocycles. The van der Waals surface area contributed by atoms with E-state index in [9.17, 15) is 0 Å². The highest BCUT2D eigenvalue weighted by Crippen LogP contribution is 2.25. The molecule has 0 amide bonds. The molecule has 3 aliphatic rings. The Bertz CT molecular complexity index is 346.